The van der Waals surface area contributed by atoms with E-state index in [0.29, 0.717) is 27.7 Å². The van der Waals surface area contributed by atoms with Crippen LogP contribution in [0.25, 0.3) is 11.3 Å². The molecular weight excluding hydrogens is 229 g/mol. The van der Waals surface area contributed by atoms with Crippen LogP contribution in [0.4, 0.5) is 10.1 Å². The minimum Gasteiger partial charge on any atom is -0.397 e. The zero-order valence-corrected chi connectivity index (χ0v) is 9.29. The predicted molar refractivity (Wildman–Crippen MR) is 61.6 cm³/mol. The van der Waals surface area contributed by atoms with Crippen molar-refractivity contribution in [2.75, 3.05) is 5.73 Å². The molecule has 0 saturated carbocycles. The first-order valence-corrected chi connectivity index (χ1v) is 5.01. The largest absolute Gasteiger partial charge is 0.397 e. The highest BCUT2D eigenvalue weighted by Crippen LogP contribution is 2.25. The van der Waals surface area contributed by atoms with Crippen molar-refractivity contribution in [3.05, 3.63) is 40.8 Å². The lowest BCUT2D eigenvalue weighted by Gasteiger charge is -2.04. The van der Waals surface area contributed by atoms with E-state index in [1.54, 1.807) is 13.0 Å². The maximum atomic E-state index is 13.5. The SMILES string of the molecule is Cc1nnc(-c2cc(Cl)ccc2F)cc1N. The van der Waals surface area contributed by atoms with Gasteiger partial charge in [-0.15, -0.1) is 0 Å². The van der Waals surface area contributed by atoms with Gasteiger partial charge < -0.3 is 5.73 Å². The number of aromatic nitrogens is 2. The van der Waals surface area contributed by atoms with Crippen LogP contribution in [0, 0.1) is 12.7 Å². The first kappa shape index (κ1) is 10.8. The Morgan fingerprint density at radius 2 is 2.00 bits per heavy atom. The zero-order chi connectivity index (χ0) is 11.7. The molecule has 16 heavy (non-hydrogen) atoms. The summed E-state index contributed by atoms with van der Waals surface area (Å²) in [4.78, 5) is 0. The van der Waals surface area contributed by atoms with Crippen molar-refractivity contribution in [2.24, 2.45) is 0 Å². The third-order valence-electron chi connectivity index (χ3n) is 2.22. The van der Waals surface area contributed by atoms with Crippen LogP contribution in [0.15, 0.2) is 24.3 Å². The van der Waals surface area contributed by atoms with E-state index in [0.717, 1.165) is 0 Å². The summed E-state index contributed by atoms with van der Waals surface area (Å²) < 4.78 is 13.5. The van der Waals surface area contributed by atoms with E-state index in [1.165, 1.54) is 18.2 Å². The molecule has 2 rings (SSSR count). The van der Waals surface area contributed by atoms with Crippen LogP contribution in [-0.2, 0) is 0 Å². The molecule has 0 aliphatic heterocycles. The van der Waals surface area contributed by atoms with Gasteiger partial charge in [0.2, 0.25) is 0 Å². The topological polar surface area (TPSA) is 51.8 Å². The van der Waals surface area contributed by atoms with E-state index in [1.807, 2.05) is 0 Å². The van der Waals surface area contributed by atoms with Gasteiger partial charge in [-0.25, -0.2) is 4.39 Å². The molecule has 0 radical (unpaired) electrons. The van der Waals surface area contributed by atoms with Gasteiger partial charge in [0.05, 0.1) is 17.1 Å². The second-order valence-electron chi connectivity index (χ2n) is 3.39. The van der Waals surface area contributed by atoms with Gasteiger partial charge in [0.15, 0.2) is 0 Å². The zero-order valence-electron chi connectivity index (χ0n) is 8.54. The summed E-state index contributed by atoms with van der Waals surface area (Å²) in [5, 5.41) is 8.17. The van der Waals surface area contributed by atoms with Gasteiger partial charge >= 0.3 is 0 Å². The highest BCUT2D eigenvalue weighted by Gasteiger charge is 2.09. The predicted octanol–water partition coefficient (Wildman–Crippen LogP) is 2.83. The van der Waals surface area contributed by atoms with Crippen LogP contribution >= 0.6 is 11.6 Å². The van der Waals surface area contributed by atoms with Crippen LogP contribution in [-0.4, -0.2) is 10.2 Å². The minimum atomic E-state index is -0.401. The highest BCUT2D eigenvalue weighted by molar-refractivity contribution is 6.30. The minimum absolute atomic E-state index is 0.298. The van der Waals surface area contributed by atoms with Crippen molar-refractivity contribution < 1.29 is 4.39 Å². The van der Waals surface area contributed by atoms with Gasteiger partial charge in [0.1, 0.15) is 5.82 Å². The van der Waals surface area contributed by atoms with E-state index in [-0.39, 0.29) is 0 Å². The maximum Gasteiger partial charge on any atom is 0.132 e. The van der Waals surface area contributed by atoms with Crippen LogP contribution < -0.4 is 5.73 Å². The Kier molecular flexibility index (Phi) is 2.75. The molecule has 0 unspecified atom stereocenters. The lowest BCUT2D eigenvalue weighted by molar-refractivity contribution is 0.630. The summed E-state index contributed by atoms with van der Waals surface area (Å²) in [5.74, 6) is -0.401. The van der Waals surface area contributed by atoms with Crippen molar-refractivity contribution in [3.63, 3.8) is 0 Å². The third kappa shape index (κ3) is 1.97. The molecule has 0 atom stereocenters. The Bertz CT molecular complexity index is 543. The molecule has 0 amide bonds. The fourth-order valence-electron chi connectivity index (χ4n) is 1.29. The smallest absolute Gasteiger partial charge is 0.132 e. The van der Waals surface area contributed by atoms with Gasteiger partial charge in [0, 0.05) is 10.6 Å². The molecule has 1 aromatic carbocycles. The molecule has 82 valence electrons. The molecule has 1 heterocycles. The summed E-state index contributed by atoms with van der Waals surface area (Å²) in [6.07, 6.45) is 0. The van der Waals surface area contributed by atoms with Crippen LogP contribution in [0.3, 0.4) is 0 Å². The number of halogens is 2. The van der Waals surface area contributed by atoms with Crippen LogP contribution in [0.1, 0.15) is 5.69 Å². The highest BCUT2D eigenvalue weighted by atomic mass is 35.5. The fourth-order valence-corrected chi connectivity index (χ4v) is 1.46. The van der Waals surface area contributed by atoms with Gasteiger partial charge in [-0.3, -0.25) is 0 Å². The Hall–Kier alpha value is -1.68. The number of anilines is 1. The molecule has 0 saturated heterocycles. The van der Waals surface area contributed by atoms with Crippen molar-refractivity contribution >= 4 is 17.3 Å². The standard InChI is InChI=1S/C11H9ClFN3/c1-6-10(14)5-11(16-15-6)8-4-7(12)2-3-9(8)13/h2-5H,1H3,(H2,14,16). The molecule has 5 heteroatoms. The third-order valence-corrected chi connectivity index (χ3v) is 2.46. The first-order valence-electron chi connectivity index (χ1n) is 4.63. The lowest BCUT2D eigenvalue weighted by atomic mass is 10.1. The van der Waals surface area contributed by atoms with E-state index in [2.05, 4.69) is 10.2 Å². The van der Waals surface area contributed by atoms with Gasteiger partial charge in [-0.2, -0.15) is 10.2 Å². The molecule has 0 fully saturated rings. The van der Waals surface area contributed by atoms with Gasteiger partial charge in [-0.05, 0) is 31.2 Å². The van der Waals surface area contributed by atoms with Gasteiger partial charge in [0.25, 0.3) is 0 Å². The van der Waals surface area contributed by atoms with Crippen molar-refractivity contribution in [3.8, 4) is 11.3 Å². The number of nitrogen functional groups attached to an aromatic ring is 1. The number of aryl methyl sites for hydroxylation is 1. The summed E-state index contributed by atoms with van der Waals surface area (Å²) >= 11 is 5.79. The molecule has 0 bridgehead atoms. The average Bonchev–Trinajstić information content (AvgIpc) is 2.26. The summed E-state index contributed by atoms with van der Waals surface area (Å²) in [7, 11) is 0. The fraction of sp³-hybridized carbons (Fsp3) is 0.0909. The summed E-state index contributed by atoms with van der Waals surface area (Å²) in [6, 6.07) is 5.84. The van der Waals surface area contributed by atoms with E-state index in [9.17, 15) is 4.39 Å². The molecule has 0 aliphatic rings. The Balaban J connectivity index is 2.58. The maximum absolute atomic E-state index is 13.5. The number of nitrogens with two attached hydrogens (primary N) is 1. The molecule has 2 N–H and O–H groups in total. The Morgan fingerprint density at radius 3 is 2.69 bits per heavy atom. The van der Waals surface area contributed by atoms with E-state index < -0.39 is 5.82 Å². The number of benzene rings is 1. The number of nitrogens with zero attached hydrogens (tertiary/aromatic N) is 2. The normalized spacial score (nSPS) is 10.4. The van der Waals surface area contributed by atoms with Crippen LogP contribution in [0.5, 0.6) is 0 Å². The number of rotatable bonds is 1. The molecule has 3 nitrogen and oxygen atoms in total. The summed E-state index contributed by atoms with van der Waals surface area (Å²) in [5.41, 5.74) is 7.46. The van der Waals surface area contributed by atoms with Crippen LogP contribution in [0.2, 0.25) is 5.02 Å². The second-order valence-corrected chi connectivity index (χ2v) is 3.83. The van der Waals surface area contributed by atoms with E-state index >= 15 is 0 Å². The monoisotopic (exact) mass is 237 g/mol. The molecule has 1 aromatic heterocycles. The van der Waals surface area contributed by atoms with Gasteiger partial charge in [-0.1, -0.05) is 11.6 Å². The lowest BCUT2D eigenvalue weighted by Crippen LogP contribution is -1.98. The molecule has 0 spiro atoms. The Morgan fingerprint density at radius 1 is 1.25 bits per heavy atom. The first-order chi connectivity index (χ1) is 7.58. The summed E-state index contributed by atoms with van der Waals surface area (Å²) in [6.45, 7) is 1.74. The molecule has 2 aromatic rings. The van der Waals surface area contributed by atoms with E-state index in [4.69, 9.17) is 17.3 Å². The van der Waals surface area contributed by atoms with Crippen molar-refractivity contribution in [2.45, 2.75) is 6.92 Å². The number of hydrogen-bond acceptors (Lipinski definition) is 3. The molecular formula is C11H9ClFN3. The average molecular weight is 238 g/mol. The van der Waals surface area contributed by atoms with Crippen molar-refractivity contribution in [1.82, 2.24) is 10.2 Å². The molecule has 0 aliphatic carbocycles. The number of hydrogen-bond donors (Lipinski definition) is 1. The quantitative estimate of drug-likeness (QED) is 0.830. The van der Waals surface area contributed by atoms with Crippen molar-refractivity contribution in [1.29, 1.82) is 0 Å². The Labute approximate surface area is 97.1 Å². The second kappa shape index (κ2) is 4.06.